The third-order valence-corrected chi connectivity index (χ3v) is 5.05. The van der Waals surface area contributed by atoms with Gasteiger partial charge in [-0.1, -0.05) is 0 Å². The Morgan fingerprint density at radius 2 is 1.93 bits per heavy atom. The number of ether oxygens (including phenoxy) is 4. The normalized spacial score (nSPS) is 15.4. The van der Waals surface area contributed by atoms with Gasteiger partial charge in [0.05, 0.1) is 20.3 Å². The molecule has 0 aliphatic carbocycles. The van der Waals surface area contributed by atoms with E-state index in [2.05, 4.69) is 17.1 Å². The summed E-state index contributed by atoms with van der Waals surface area (Å²) in [6.45, 7) is 7.11. The molecule has 0 spiro atoms. The quantitative estimate of drug-likeness (QED) is 0.346. The van der Waals surface area contributed by atoms with E-state index >= 15 is 0 Å². The molecule has 29 heavy (non-hydrogen) atoms. The van der Waals surface area contributed by atoms with Crippen LogP contribution in [0.3, 0.4) is 0 Å². The fraction of sp³-hybridized carbons (Fsp3) is 0.682. The molecule has 7 nitrogen and oxygen atoms in total. The zero-order valence-corrected chi connectivity index (χ0v) is 18.4. The summed E-state index contributed by atoms with van der Waals surface area (Å²) in [5.74, 6) is 2.69. The summed E-state index contributed by atoms with van der Waals surface area (Å²) in [6, 6.07) is 5.88. The zero-order valence-electron chi connectivity index (χ0n) is 18.4. The minimum absolute atomic E-state index is 0.340. The van der Waals surface area contributed by atoms with Crippen LogP contribution in [0.4, 0.5) is 0 Å². The molecule has 0 saturated carbocycles. The second-order valence-electron chi connectivity index (χ2n) is 7.07. The first-order valence-electron chi connectivity index (χ1n) is 10.6. The maximum Gasteiger partial charge on any atom is 0.193 e. The van der Waals surface area contributed by atoms with Gasteiger partial charge in [0.25, 0.3) is 0 Å². The lowest BCUT2D eigenvalue weighted by atomic mass is 10.1. The monoisotopic (exact) mass is 407 g/mol. The average molecular weight is 408 g/mol. The van der Waals surface area contributed by atoms with Crippen LogP contribution in [0, 0.1) is 0 Å². The number of nitrogens with one attached hydrogen (secondary N) is 1. The first-order chi connectivity index (χ1) is 14.2. The smallest absolute Gasteiger partial charge is 0.193 e. The van der Waals surface area contributed by atoms with Crippen LogP contribution in [0.15, 0.2) is 23.2 Å². The molecule has 0 atom stereocenters. The van der Waals surface area contributed by atoms with Crippen molar-refractivity contribution in [1.29, 1.82) is 0 Å². The maximum atomic E-state index is 5.97. The van der Waals surface area contributed by atoms with Crippen molar-refractivity contribution in [2.75, 3.05) is 60.7 Å². The van der Waals surface area contributed by atoms with Crippen molar-refractivity contribution in [3.63, 3.8) is 0 Å². The van der Waals surface area contributed by atoms with E-state index in [-0.39, 0.29) is 0 Å². The van der Waals surface area contributed by atoms with Gasteiger partial charge in [0, 0.05) is 46.5 Å². The molecule has 1 saturated heterocycles. The summed E-state index contributed by atoms with van der Waals surface area (Å²) in [5.41, 5.74) is 1.11. The number of methoxy groups -OCH3 is 3. The molecule has 1 aliphatic heterocycles. The van der Waals surface area contributed by atoms with Crippen LogP contribution in [0.2, 0.25) is 0 Å². The first-order valence-corrected chi connectivity index (χ1v) is 10.6. The summed E-state index contributed by atoms with van der Waals surface area (Å²) in [6.07, 6.45) is 4.15. The molecular formula is C22H37N3O4. The Bertz CT molecular complexity index is 616. The molecule has 164 valence electrons. The fourth-order valence-corrected chi connectivity index (χ4v) is 3.47. The highest BCUT2D eigenvalue weighted by molar-refractivity contribution is 5.80. The number of benzene rings is 1. The summed E-state index contributed by atoms with van der Waals surface area (Å²) in [5, 5.41) is 3.43. The maximum absolute atomic E-state index is 5.97. The second-order valence-corrected chi connectivity index (χ2v) is 7.07. The lowest BCUT2D eigenvalue weighted by molar-refractivity contribution is 0.00991. The van der Waals surface area contributed by atoms with Gasteiger partial charge in [0.1, 0.15) is 11.5 Å². The number of nitrogens with zero attached hydrogens (tertiary/aromatic N) is 2. The first kappa shape index (κ1) is 23.3. The third kappa shape index (κ3) is 7.74. The average Bonchev–Trinajstić information content (AvgIpc) is 2.76. The van der Waals surface area contributed by atoms with E-state index in [0.717, 1.165) is 81.6 Å². The van der Waals surface area contributed by atoms with Crippen LogP contribution in [0.25, 0.3) is 0 Å². The number of hydrogen-bond acceptors (Lipinski definition) is 5. The Hall–Kier alpha value is -1.99. The van der Waals surface area contributed by atoms with E-state index in [1.165, 1.54) is 0 Å². The molecule has 1 aromatic carbocycles. The highest BCUT2D eigenvalue weighted by Gasteiger charge is 2.21. The van der Waals surface area contributed by atoms with Gasteiger partial charge < -0.3 is 29.2 Å². The minimum atomic E-state index is 0.340. The Balaban J connectivity index is 1.87. The largest absolute Gasteiger partial charge is 0.497 e. The van der Waals surface area contributed by atoms with Crippen molar-refractivity contribution < 1.29 is 18.9 Å². The molecule has 0 aromatic heterocycles. The highest BCUT2D eigenvalue weighted by atomic mass is 16.5. The van der Waals surface area contributed by atoms with E-state index in [4.69, 9.17) is 23.9 Å². The van der Waals surface area contributed by atoms with Crippen LogP contribution in [-0.4, -0.2) is 77.7 Å². The van der Waals surface area contributed by atoms with Gasteiger partial charge >= 0.3 is 0 Å². The fourth-order valence-electron chi connectivity index (χ4n) is 3.47. The lowest BCUT2D eigenvalue weighted by Crippen LogP contribution is -2.47. The van der Waals surface area contributed by atoms with Crippen molar-refractivity contribution in [3.8, 4) is 11.5 Å². The summed E-state index contributed by atoms with van der Waals surface area (Å²) in [4.78, 5) is 7.19. The third-order valence-electron chi connectivity index (χ3n) is 5.05. The molecule has 0 unspecified atom stereocenters. The van der Waals surface area contributed by atoms with Crippen molar-refractivity contribution in [2.45, 2.75) is 38.7 Å². The summed E-state index contributed by atoms with van der Waals surface area (Å²) >= 11 is 0. The summed E-state index contributed by atoms with van der Waals surface area (Å²) in [7, 11) is 5.10. The van der Waals surface area contributed by atoms with Gasteiger partial charge in [0.15, 0.2) is 5.96 Å². The molecule has 1 N–H and O–H groups in total. The lowest BCUT2D eigenvalue weighted by Gasteiger charge is -2.34. The molecule has 0 amide bonds. The molecule has 1 heterocycles. The Morgan fingerprint density at radius 3 is 2.59 bits per heavy atom. The minimum Gasteiger partial charge on any atom is -0.497 e. The van der Waals surface area contributed by atoms with Gasteiger partial charge in [-0.15, -0.1) is 0 Å². The van der Waals surface area contributed by atoms with Crippen LogP contribution in [0.5, 0.6) is 11.5 Å². The van der Waals surface area contributed by atoms with Crippen molar-refractivity contribution in [1.82, 2.24) is 10.2 Å². The Morgan fingerprint density at radius 1 is 1.14 bits per heavy atom. The predicted molar refractivity (Wildman–Crippen MR) is 116 cm³/mol. The standard InChI is InChI=1S/C22H37N3O4/c1-5-23-22(25-13-10-19(11-14-25)29-16-6-15-26-2)24-12-9-18-17-20(27-3)7-8-21(18)28-4/h7-8,17,19H,5-6,9-16H2,1-4H3,(H,23,24). The van der Waals surface area contributed by atoms with Crippen molar-refractivity contribution in [2.24, 2.45) is 4.99 Å². The second kappa shape index (κ2) is 13.3. The van der Waals surface area contributed by atoms with Crippen LogP contribution in [-0.2, 0) is 15.9 Å². The molecule has 2 rings (SSSR count). The van der Waals surface area contributed by atoms with Crippen LogP contribution >= 0.6 is 0 Å². The molecule has 0 bridgehead atoms. The van der Waals surface area contributed by atoms with E-state index in [9.17, 15) is 0 Å². The summed E-state index contributed by atoms with van der Waals surface area (Å²) < 4.78 is 21.9. The van der Waals surface area contributed by atoms with Gasteiger partial charge in [0.2, 0.25) is 0 Å². The van der Waals surface area contributed by atoms with Gasteiger partial charge in [-0.25, -0.2) is 0 Å². The SMILES string of the molecule is CCNC(=NCCc1cc(OC)ccc1OC)N1CCC(OCCCOC)CC1. The van der Waals surface area contributed by atoms with E-state index in [1.54, 1.807) is 21.3 Å². The molecular weight excluding hydrogens is 370 g/mol. The van der Waals surface area contributed by atoms with E-state index in [0.29, 0.717) is 12.6 Å². The number of rotatable bonds is 11. The van der Waals surface area contributed by atoms with Crippen molar-refractivity contribution in [3.05, 3.63) is 23.8 Å². The topological polar surface area (TPSA) is 64.6 Å². The zero-order chi connectivity index (χ0) is 20.9. The molecule has 1 aromatic rings. The molecule has 1 fully saturated rings. The Kier molecular flexibility index (Phi) is 10.7. The number of aliphatic imine (C=N–C) groups is 1. The van der Waals surface area contributed by atoms with Crippen LogP contribution in [0.1, 0.15) is 31.7 Å². The van der Waals surface area contributed by atoms with Gasteiger partial charge in [-0.3, -0.25) is 4.99 Å². The molecule has 0 radical (unpaired) electrons. The Labute approximate surface area is 175 Å². The number of likely N-dealkylation sites (tertiary alicyclic amines) is 1. The number of piperidine rings is 1. The number of guanidine groups is 1. The predicted octanol–water partition coefficient (Wildman–Crippen LogP) is 2.73. The van der Waals surface area contributed by atoms with E-state index < -0.39 is 0 Å². The number of hydrogen-bond donors (Lipinski definition) is 1. The van der Waals surface area contributed by atoms with Gasteiger partial charge in [-0.05, 0) is 56.4 Å². The van der Waals surface area contributed by atoms with E-state index in [1.807, 2.05) is 18.2 Å². The molecule has 1 aliphatic rings. The van der Waals surface area contributed by atoms with Crippen molar-refractivity contribution >= 4 is 5.96 Å². The molecule has 7 heteroatoms. The van der Waals surface area contributed by atoms with Gasteiger partial charge in [-0.2, -0.15) is 0 Å². The highest BCUT2D eigenvalue weighted by Crippen LogP contribution is 2.24. The van der Waals surface area contributed by atoms with Crippen LogP contribution < -0.4 is 14.8 Å².